The van der Waals surface area contributed by atoms with Gasteiger partial charge in [0.2, 0.25) is 0 Å². The summed E-state index contributed by atoms with van der Waals surface area (Å²) in [5.41, 5.74) is 1.97. The molecule has 1 atom stereocenters. The van der Waals surface area contributed by atoms with Crippen molar-refractivity contribution in [3.05, 3.63) is 65.2 Å². The Labute approximate surface area is 159 Å². The number of halogens is 2. The lowest BCUT2D eigenvalue weighted by Gasteiger charge is -2.41. The summed E-state index contributed by atoms with van der Waals surface area (Å²) < 4.78 is 31.8. The second kappa shape index (κ2) is 9.26. The van der Waals surface area contributed by atoms with Gasteiger partial charge in [-0.3, -0.25) is 9.80 Å². The lowest BCUT2D eigenvalue weighted by Crippen LogP contribution is -2.52. The molecule has 1 fully saturated rings. The van der Waals surface area contributed by atoms with Crippen molar-refractivity contribution in [3.8, 4) is 5.75 Å². The van der Waals surface area contributed by atoms with Crippen molar-refractivity contribution in [2.24, 2.45) is 0 Å². The zero-order chi connectivity index (χ0) is 19.2. The molecule has 2 aromatic rings. The number of aliphatic hydroxyl groups is 1. The Kier molecular flexibility index (Phi) is 6.77. The van der Waals surface area contributed by atoms with Gasteiger partial charge in [-0.25, -0.2) is 8.78 Å². The summed E-state index contributed by atoms with van der Waals surface area (Å²) >= 11 is 0. The highest BCUT2D eigenvalue weighted by Crippen LogP contribution is 2.20. The summed E-state index contributed by atoms with van der Waals surface area (Å²) in [7, 11) is 1.65. The SMILES string of the molecule is COc1ccc(CN2CCN(Cc3ccc(F)c(F)c3)[C@@H](CCO)C2)cc1. The lowest BCUT2D eigenvalue weighted by molar-refractivity contribution is 0.0499. The van der Waals surface area contributed by atoms with Gasteiger partial charge in [-0.05, 0) is 41.8 Å². The smallest absolute Gasteiger partial charge is 0.159 e. The zero-order valence-electron chi connectivity index (χ0n) is 15.6. The van der Waals surface area contributed by atoms with Crippen LogP contribution in [-0.4, -0.2) is 54.3 Å². The lowest BCUT2D eigenvalue weighted by atomic mass is 10.1. The minimum Gasteiger partial charge on any atom is -0.497 e. The molecule has 0 radical (unpaired) electrons. The van der Waals surface area contributed by atoms with Crippen LogP contribution < -0.4 is 4.74 Å². The van der Waals surface area contributed by atoms with Crippen LogP contribution in [0.5, 0.6) is 5.75 Å². The highest BCUT2D eigenvalue weighted by Gasteiger charge is 2.26. The second-order valence-electron chi connectivity index (χ2n) is 6.97. The third kappa shape index (κ3) is 5.25. The molecule has 1 saturated heterocycles. The summed E-state index contributed by atoms with van der Waals surface area (Å²) in [5.74, 6) is -0.799. The summed E-state index contributed by atoms with van der Waals surface area (Å²) in [6, 6.07) is 12.3. The molecule has 27 heavy (non-hydrogen) atoms. The third-order valence-corrected chi connectivity index (χ3v) is 5.09. The minimum atomic E-state index is -0.824. The quantitative estimate of drug-likeness (QED) is 0.806. The van der Waals surface area contributed by atoms with E-state index in [-0.39, 0.29) is 12.6 Å². The van der Waals surface area contributed by atoms with Crippen LogP contribution in [-0.2, 0) is 13.1 Å². The summed E-state index contributed by atoms with van der Waals surface area (Å²) in [4.78, 5) is 4.61. The number of hydrogen-bond acceptors (Lipinski definition) is 4. The molecule has 2 aromatic carbocycles. The van der Waals surface area contributed by atoms with Crippen LogP contribution in [0.15, 0.2) is 42.5 Å². The Morgan fingerprint density at radius 1 is 1.00 bits per heavy atom. The number of nitrogens with zero attached hydrogens (tertiary/aromatic N) is 2. The molecule has 1 aliphatic heterocycles. The summed E-state index contributed by atoms with van der Waals surface area (Å²) in [5, 5.41) is 9.45. The van der Waals surface area contributed by atoms with E-state index >= 15 is 0 Å². The predicted octanol–water partition coefficient (Wildman–Crippen LogP) is 3.04. The van der Waals surface area contributed by atoms with Crippen LogP contribution in [0.4, 0.5) is 8.78 Å². The maximum Gasteiger partial charge on any atom is 0.159 e. The van der Waals surface area contributed by atoms with Crippen molar-refractivity contribution in [1.82, 2.24) is 9.80 Å². The molecule has 3 rings (SSSR count). The molecule has 1 heterocycles. The first-order chi connectivity index (χ1) is 13.1. The Morgan fingerprint density at radius 3 is 2.41 bits per heavy atom. The number of methoxy groups -OCH3 is 1. The van der Waals surface area contributed by atoms with Gasteiger partial charge in [0.25, 0.3) is 0 Å². The first-order valence-corrected chi connectivity index (χ1v) is 9.23. The molecule has 146 valence electrons. The van der Waals surface area contributed by atoms with Crippen LogP contribution in [0, 0.1) is 11.6 Å². The van der Waals surface area contributed by atoms with Gasteiger partial charge in [0.15, 0.2) is 11.6 Å². The molecule has 0 unspecified atom stereocenters. The first kappa shape index (κ1) is 19.7. The Hall–Kier alpha value is -2.02. The van der Waals surface area contributed by atoms with Crippen LogP contribution in [0.1, 0.15) is 17.5 Å². The van der Waals surface area contributed by atoms with Crippen molar-refractivity contribution in [3.63, 3.8) is 0 Å². The molecule has 0 aliphatic carbocycles. The zero-order valence-corrected chi connectivity index (χ0v) is 15.6. The van der Waals surface area contributed by atoms with Crippen molar-refractivity contribution >= 4 is 0 Å². The van der Waals surface area contributed by atoms with E-state index in [1.165, 1.54) is 17.7 Å². The van der Waals surface area contributed by atoms with Crippen LogP contribution in [0.2, 0.25) is 0 Å². The average Bonchev–Trinajstić information content (AvgIpc) is 2.67. The van der Waals surface area contributed by atoms with E-state index in [4.69, 9.17) is 4.74 Å². The van der Waals surface area contributed by atoms with Crippen LogP contribution >= 0.6 is 0 Å². The molecule has 1 N–H and O–H groups in total. The van der Waals surface area contributed by atoms with E-state index in [2.05, 4.69) is 21.9 Å². The number of rotatable bonds is 7. The molecular formula is C21H26F2N2O2. The van der Waals surface area contributed by atoms with Gasteiger partial charge in [0, 0.05) is 45.4 Å². The highest BCUT2D eigenvalue weighted by molar-refractivity contribution is 5.27. The van der Waals surface area contributed by atoms with E-state index in [0.717, 1.165) is 37.5 Å². The van der Waals surface area contributed by atoms with E-state index in [9.17, 15) is 13.9 Å². The van der Waals surface area contributed by atoms with Gasteiger partial charge in [-0.15, -0.1) is 0 Å². The van der Waals surface area contributed by atoms with Gasteiger partial charge in [0.05, 0.1) is 7.11 Å². The molecular weight excluding hydrogens is 350 g/mol. The second-order valence-corrected chi connectivity index (χ2v) is 6.97. The topological polar surface area (TPSA) is 35.9 Å². The number of piperazine rings is 1. The number of hydrogen-bond donors (Lipinski definition) is 1. The van der Waals surface area contributed by atoms with Gasteiger partial charge < -0.3 is 9.84 Å². The normalized spacial score (nSPS) is 18.6. The van der Waals surface area contributed by atoms with E-state index in [1.807, 2.05) is 12.1 Å². The van der Waals surface area contributed by atoms with Crippen LogP contribution in [0.3, 0.4) is 0 Å². The molecule has 0 bridgehead atoms. The maximum atomic E-state index is 13.5. The van der Waals surface area contributed by atoms with Gasteiger partial charge in [-0.2, -0.15) is 0 Å². The van der Waals surface area contributed by atoms with E-state index in [1.54, 1.807) is 13.2 Å². The molecule has 0 spiro atoms. The fraction of sp³-hybridized carbons (Fsp3) is 0.429. The summed E-state index contributed by atoms with van der Waals surface area (Å²) in [6.45, 7) is 4.03. The fourth-order valence-electron chi connectivity index (χ4n) is 3.59. The Balaban J connectivity index is 1.62. The van der Waals surface area contributed by atoms with Gasteiger partial charge in [0.1, 0.15) is 5.75 Å². The van der Waals surface area contributed by atoms with E-state index < -0.39 is 11.6 Å². The minimum absolute atomic E-state index is 0.106. The first-order valence-electron chi connectivity index (χ1n) is 9.23. The van der Waals surface area contributed by atoms with Crippen LogP contribution in [0.25, 0.3) is 0 Å². The highest BCUT2D eigenvalue weighted by atomic mass is 19.2. The van der Waals surface area contributed by atoms with Gasteiger partial charge in [-0.1, -0.05) is 18.2 Å². The predicted molar refractivity (Wildman–Crippen MR) is 101 cm³/mol. The number of ether oxygens (including phenoxy) is 1. The standard InChI is InChI=1S/C21H26F2N2O2/c1-27-19-5-2-16(3-6-19)13-24-9-10-25(18(15-24)8-11-26)14-17-4-7-20(22)21(23)12-17/h2-7,12,18,26H,8-11,13-15H2,1H3/t18-/m0/s1. The van der Waals surface area contributed by atoms with Gasteiger partial charge >= 0.3 is 0 Å². The van der Waals surface area contributed by atoms with Crippen molar-refractivity contribution < 1.29 is 18.6 Å². The molecule has 0 saturated carbocycles. The van der Waals surface area contributed by atoms with Crippen molar-refractivity contribution in [2.45, 2.75) is 25.6 Å². The van der Waals surface area contributed by atoms with Crippen molar-refractivity contribution in [2.75, 3.05) is 33.4 Å². The molecule has 0 amide bonds. The maximum absolute atomic E-state index is 13.5. The Bertz CT molecular complexity index is 739. The average molecular weight is 376 g/mol. The Morgan fingerprint density at radius 2 is 1.74 bits per heavy atom. The van der Waals surface area contributed by atoms with Crippen molar-refractivity contribution in [1.29, 1.82) is 0 Å². The largest absolute Gasteiger partial charge is 0.497 e. The van der Waals surface area contributed by atoms with E-state index in [0.29, 0.717) is 13.0 Å². The fourth-order valence-corrected chi connectivity index (χ4v) is 3.59. The monoisotopic (exact) mass is 376 g/mol. The molecule has 0 aromatic heterocycles. The number of benzene rings is 2. The molecule has 4 nitrogen and oxygen atoms in total. The molecule has 6 heteroatoms. The third-order valence-electron chi connectivity index (χ3n) is 5.09. The number of aliphatic hydroxyl groups excluding tert-OH is 1. The summed E-state index contributed by atoms with van der Waals surface area (Å²) in [6.07, 6.45) is 0.656. The molecule has 1 aliphatic rings.